The van der Waals surface area contributed by atoms with Crippen LogP contribution in [0.2, 0.25) is 0 Å². The van der Waals surface area contributed by atoms with Crippen molar-refractivity contribution < 1.29 is 19.4 Å². The Morgan fingerprint density at radius 2 is 2.18 bits per heavy atom. The second-order valence-corrected chi connectivity index (χ2v) is 6.24. The van der Waals surface area contributed by atoms with Crippen molar-refractivity contribution in [1.29, 1.82) is 0 Å². The molecular formula is C17H23NO4. The van der Waals surface area contributed by atoms with Gasteiger partial charge in [-0.15, -0.1) is 0 Å². The maximum Gasteiger partial charge on any atom is 0.324 e. The van der Waals surface area contributed by atoms with Gasteiger partial charge < -0.3 is 14.6 Å². The first-order valence-electron chi connectivity index (χ1n) is 7.90. The summed E-state index contributed by atoms with van der Waals surface area (Å²) in [6.45, 7) is 4.51. The Morgan fingerprint density at radius 1 is 1.41 bits per heavy atom. The number of ether oxygens (including phenoxy) is 2. The molecular weight excluding hydrogens is 282 g/mol. The highest BCUT2D eigenvalue weighted by atomic mass is 16.5. The Balaban J connectivity index is 1.67. The fourth-order valence-electron chi connectivity index (χ4n) is 3.47. The fourth-order valence-corrected chi connectivity index (χ4v) is 3.47. The van der Waals surface area contributed by atoms with E-state index in [1.54, 1.807) is 0 Å². The van der Waals surface area contributed by atoms with E-state index >= 15 is 0 Å². The molecule has 0 aliphatic carbocycles. The Labute approximate surface area is 130 Å². The molecule has 5 heteroatoms. The zero-order chi connectivity index (χ0) is 15.6. The molecule has 120 valence electrons. The van der Waals surface area contributed by atoms with E-state index in [0.29, 0.717) is 32.6 Å². The van der Waals surface area contributed by atoms with Crippen LogP contribution in [0, 0.1) is 6.92 Å². The summed E-state index contributed by atoms with van der Waals surface area (Å²) in [6.07, 6.45) is 2.03. The topological polar surface area (TPSA) is 59.0 Å². The number of hydrogen-bond donors (Lipinski definition) is 1. The number of likely N-dealkylation sites (tertiary alicyclic amines) is 1. The number of benzene rings is 1. The first-order chi connectivity index (χ1) is 10.6. The van der Waals surface area contributed by atoms with Gasteiger partial charge in [0.25, 0.3) is 0 Å². The SMILES string of the molecule is Cc1cccc(O[C@@H]2CCN(C3(C(=O)O)CCOCC3)C2)c1. The van der Waals surface area contributed by atoms with Gasteiger partial charge in [-0.1, -0.05) is 12.1 Å². The molecule has 0 bridgehead atoms. The van der Waals surface area contributed by atoms with Crippen molar-refractivity contribution in [2.75, 3.05) is 26.3 Å². The van der Waals surface area contributed by atoms with Crippen LogP contribution >= 0.6 is 0 Å². The van der Waals surface area contributed by atoms with E-state index in [-0.39, 0.29) is 6.10 Å². The molecule has 5 nitrogen and oxygen atoms in total. The van der Waals surface area contributed by atoms with Gasteiger partial charge >= 0.3 is 5.97 Å². The molecule has 1 N–H and O–H groups in total. The lowest BCUT2D eigenvalue weighted by Gasteiger charge is -2.40. The van der Waals surface area contributed by atoms with Crippen LogP contribution < -0.4 is 4.74 Å². The average Bonchev–Trinajstić information content (AvgIpc) is 2.97. The standard InChI is InChI=1S/C17H23NO4/c1-13-3-2-4-14(11-13)22-15-5-8-18(12-15)17(16(19)20)6-9-21-10-7-17/h2-4,11,15H,5-10,12H2,1H3,(H,19,20)/t15-/m1/s1. The van der Waals surface area contributed by atoms with Crippen molar-refractivity contribution >= 4 is 5.97 Å². The molecule has 1 aromatic rings. The molecule has 0 unspecified atom stereocenters. The van der Waals surface area contributed by atoms with Gasteiger partial charge in [-0.2, -0.15) is 0 Å². The minimum Gasteiger partial charge on any atom is -0.489 e. The molecule has 0 aromatic heterocycles. The summed E-state index contributed by atoms with van der Waals surface area (Å²) < 4.78 is 11.4. The summed E-state index contributed by atoms with van der Waals surface area (Å²) in [5, 5.41) is 9.72. The maximum atomic E-state index is 11.8. The fraction of sp³-hybridized carbons (Fsp3) is 0.588. The second kappa shape index (κ2) is 6.26. The van der Waals surface area contributed by atoms with Gasteiger partial charge in [0.15, 0.2) is 0 Å². The van der Waals surface area contributed by atoms with Gasteiger partial charge in [0.1, 0.15) is 17.4 Å². The van der Waals surface area contributed by atoms with Crippen molar-refractivity contribution in [3.8, 4) is 5.75 Å². The number of carboxylic acid groups (broad SMARTS) is 1. The highest BCUT2D eigenvalue weighted by Gasteiger charge is 2.48. The lowest BCUT2D eigenvalue weighted by Crippen LogP contribution is -2.57. The third-order valence-electron chi connectivity index (χ3n) is 4.76. The summed E-state index contributed by atoms with van der Waals surface area (Å²) >= 11 is 0. The number of hydrogen-bond acceptors (Lipinski definition) is 4. The number of nitrogens with zero attached hydrogens (tertiary/aromatic N) is 1. The number of carboxylic acids is 1. The normalized spacial score (nSPS) is 25.0. The van der Waals surface area contributed by atoms with Crippen molar-refractivity contribution in [2.24, 2.45) is 0 Å². The molecule has 1 atom stereocenters. The summed E-state index contributed by atoms with van der Waals surface area (Å²) in [4.78, 5) is 13.9. The third kappa shape index (κ3) is 2.96. The molecule has 2 aliphatic heterocycles. The Morgan fingerprint density at radius 3 is 2.86 bits per heavy atom. The summed E-state index contributed by atoms with van der Waals surface area (Å²) in [5.41, 5.74) is 0.391. The maximum absolute atomic E-state index is 11.8. The van der Waals surface area contributed by atoms with Gasteiger partial charge in [-0.05, 0) is 43.9 Å². The molecule has 0 spiro atoms. The van der Waals surface area contributed by atoms with Crippen LogP contribution in [0.5, 0.6) is 5.75 Å². The number of rotatable bonds is 4. The predicted molar refractivity (Wildman–Crippen MR) is 82.2 cm³/mol. The van der Waals surface area contributed by atoms with E-state index in [0.717, 1.165) is 18.7 Å². The monoisotopic (exact) mass is 305 g/mol. The number of carbonyl (C=O) groups is 1. The van der Waals surface area contributed by atoms with Crippen LogP contribution in [0.3, 0.4) is 0 Å². The lowest BCUT2D eigenvalue weighted by molar-refractivity contribution is -0.158. The largest absolute Gasteiger partial charge is 0.489 e. The van der Waals surface area contributed by atoms with Crippen molar-refractivity contribution in [3.63, 3.8) is 0 Å². The van der Waals surface area contributed by atoms with Gasteiger partial charge in [-0.25, -0.2) is 0 Å². The quantitative estimate of drug-likeness (QED) is 0.923. The second-order valence-electron chi connectivity index (χ2n) is 6.24. The van der Waals surface area contributed by atoms with E-state index < -0.39 is 11.5 Å². The predicted octanol–water partition coefficient (Wildman–Crippen LogP) is 2.08. The van der Waals surface area contributed by atoms with E-state index in [2.05, 4.69) is 4.90 Å². The number of aliphatic carboxylic acids is 1. The van der Waals surface area contributed by atoms with Crippen molar-refractivity contribution in [1.82, 2.24) is 4.90 Å². The van der Waals surface area contributed by atoms with E-state index in [1.807, 2.05) is 31.2 Å². The summed E-state index contributed by atoms with van der Waals surface area (Å²) in [6, 6.07) is 7.99. The van der Waals surface area contributed by atoms with Crippen LogP contribution in [0.25, 0.3) is 0 Å². The first-order valence-corrected chi connectivity index (χ1v) is 7.90. The zero-order valence-corrected chi connectivity index (χ0v) is 13.0. The van der Waals surface area contributed by atoms with Crippen LogP contribution in [0.4, 0.5) is 0 Å². The van der Waals surface area contributed by atoms with Crippen molar-refractivity contribution in [3.05, 3.63) is 29.8 Å². The van der Waals surface area contributed by atoms with Crippen LogP contribution in [0.1, 0.15) is 24.8 Å². The Hall–Kier alpha value is -1.59. The summed E-state index contributed by atoms with van der Waals surface area (Å²) in [5.74, 6) is 0.134. The van der Waals surface area contributed by atoms with Crippen LogP contribution in [-0.4, -0.2) is 53.9 Å². The highest BCUT2D eigenvalue weighted by molar-refractivity contribution is 5.79. The first kappa shape index (κ1) is 15.3. The van der Waals surface area contributed by atoms with Gasteiger partial charge in [0.2, 0.25) is 0 Å². The Kier molecular flexibility index (Phi) is 4.36. The molecule has 22 heavy (non-hydrogen) atoms. The molecule has 2 fully saturated rings. The number of aryl methyl sites for hydroxylation is 1. The third-order valence-corrected chi connectivity index (χ3v) is 4.76. The zero-order valence-electron chi connectivity index (χ0n) is 13.0. The molecule has 0 saturated carbocycles. The molecule has 2 saturated heterocycles. The van der Waals surface area contributed by atoms with Crippen LogP contribution in [-0.2, 0) is 9.53 Å². The van der Waals surface area contributed by atoms with Gasteiger partial charge in [0, 0.05) is 26.3 Å². The average molecular weight is 305 g/mol. The lowest BCUT2D eigenvalue weighted by atomic mass is 9.88. The molecule has 1 aromatic carbocycles. The molecule has 2 aliphatic rings. The molecule has 3 rings (SSSR count). The molecule has 0 radical (unpaired) electrons. The minimum absolute atomic E-state index is 0.0564. The smallest absolute Gasteiger partial charge is 0.324 e. The van der Waals surface area contributed by atoms with E-state index in [4.69, 9.17) is 9.47 Å². The summed E-state index contributed by atoms with van der Waals surface area (Å²) in [7, 11) is 0. The molecule has 0 amide bonds. The van der Waals surface area contributed by atoms with E-state index in [9.17, 15) is 9.90 Å². The van der Waals surface area contributed by atoms with Crippen molar-refractivity contribution in [2.45, 2.75) is 37.8 Å². The van der Waals surface area contributed by atoms with Gasteiger partial charge in [0.05, 0.1) is 0 Å². The van der Waals surface area contributed by atoms with E-state index in [1.165, 1.54) is 5.56 Å². The minimum atomic E-state index is -0.775. The highest BCUT2D eigenvalue weighted by Crippen LogP contribution is 2.32. The Bertz CT molecular complexity index is 539. The van der Waals surface area contributed by atoms with Crippen LogP contribution in [0.15, 0.2) is 24.3 Å². The van der Waals surface area contributed by atoms with Gasteiger partial charge in [-0.3, -0.25) is 9.69 Å². The molecule has 2 heterocycles.